The molecule has 80 valence electrons. The lowest BCUT2D eigenvalue weighted by Gasteiger charge is -2.03. The second-order valence-corrected chi connectivity index (χ2v) is 2.99. The Labute approximate surface area is 89.3 Å². The summed E-state index contributed by atoms with van der Waals surface area (Å²) >= 11 is 0. The van der Waals surface area contributed by atoms with Crippen molar-refractivity contribution < 1.29 is 14.3 Å². The molecule has 1 rings (SSSR count). The molecule has 0 unspecified atom stereocenters. The molecule has 0 atom stereocenters. The molecule has 0 bridgehead atoms. The zero-order chi connectivity index (χ0) is 11.1. The molecule has 15 heavy (non-hydrogen) atoms. The molecule has 0 heterocycles. The molecule has 0 N–H and O–H groups in total. The first kappa shape index (κ1) is 11.5. The largest absolute Gasteiger partial charge is 0.465 e. The van der Waals surface area contributed by atoms with Gasteiger partial charge in [0.1, 0.15) is 0 Å². The normalized spacial score (nSPS) is 9.67. The SMILES string of the molecule is C=CCOCc1ccc(C(=O)OC)cc1. The van der Waals surface area contributed by atoms with Gasteiger partial charge in [0.05, 0.1) is 25.9 Å². The number of carbonyl (C=O) groups is 1. The van der Waals surface area contributed by atoms with Gasteiger partial charge in [-0.25, -0.2) is 4.79 Å². The van der Waals surface area contributed by atoms with Crippen molar-refractivity contribution in [2.75, 3.05) is 13.7 Å². The summed E-state index contributed by atoms with van der Waals surface area (Å²) in [6.07, 6.45) is 1.70. The molecule has 0 spiro atoms. The highest BCUT2D eigenvalue weighted by molar-refractivity contribution is 5.89. The lowest BCUT2D eigenvalue weighted by atomic mass is 10.1. The van der Waals surface area contributed by atoms with Crippen LogP contribution in [0.1, 0.15) is 15.9 Å². The van der Waals surface area contributed by atoms with Crippen LogP contribution in [0.3, 0.4) is 0 Å². The van der Waals surface area contributed by atoms with Crippen LogP contribution in [0.5, 0.6) is 0 Å². The maximum absolute atomic E-state index is 11.1. The van der Waals surface area contributed by atoms with Gasteiger partial charge in [-0.1, -0.05) is 18.2 Å². The minimum Gasteiger partial charge on any atom is -0.465 e. The van der Waals surface area contributed by atoms with Crippen LogP contribution in [-0.2, 0) is 16.1 Å². The standard InChI is InChI=1S/C12H14O3/c1-3-8-15-9-10-4-6-11(7-5-10)12(13)14-2/h3-7H,1,8-9H2,2H3. The highest BCUT2D eigenvalue weighted by Crippen LogP contribution is 2.06. The van der Waals surface area contributed by atoms with Gasteiger partial charge in [0, 0.05) is 0 Å². The lowest BCUT2D eigenvalue weighted by Crippen LogP contribution is -2.01. The first-order chi connectivity index (χ1) is 7.27. The van der Waals surface area contributed by atoms with Crippen molar-refractivity contribution >= 4 is 5.97 Å². The molecule has 0 fully saturated rings. The van der Waals surface area contributed by atoms with Gasteiger partial charge in [0.25, 0.3) is 0 Å². The summed E-state index contributed by atoms with van der Waals surface area (Å²) in [7, 11) is 1.36. The van der Waals surface area contributed by atoms with Gasteiger partial charge in [0.2, 0.25) is 0 Å². The quantitative estimate of drug-likeness (QED) is 0.421. The number of ether oxygens (including phenoxy) is 2. The van der Waals surface area contributed by atoms with Crippen molar-refractivity contribution in [1.82, 2.24) is 0 Å². The van der Waals surface area contributed by atoms with E-state index in [1.165, 1.54) is 7.11 Å². The van der Waals surface area contributed by atoms with Crippen molar-refractivity contribution in [2.45, 2.75) is 6.61 Å². The van der Waals surface area contributed by atoms with Gasteiger partial charge in [0.15, 0.2) is 0 Å². The Morgan fingerprint density at radius 1 is 1.40 bits per heavy atom. The van der Waals surface area contributed by atoms with Gasteiger partial charge < -0.3 is 9.47 Å². The predicted molar refractivity (Wildman–Crippen MR) is 57.6 cm³/mol. The zero-order valence-corrected chi connectivity index (χ0v) is 8.73. The molecule has 0 saturated heterocycles. The van der Waals surface area contributed by atoms with E-state index in [-0.39, 0.29) is 5.97 Å². The van der Waals surface area contributed by atoms with Crippen LogP contribution in [-0.4, -0.2) is 19.7 Å². The van der Waals surface area contributed by atoms with E-state index in [0.29, 0.717) is 18.8 Å². The summed E-state index contributed by atoms with van der Waals surface area (Å²) in [5.41, 5.74) is 1.56. The first-order valence-electron chi connectivity index (χ1n) is 4.64. The van der Waals surface area contributed by atoms with E-state index in [9.17, 15) is 4.79 Å². The molecule has 0 aliphatic carbocycles. The average molecular weight is 206 g/mol. The second-order valence-electron chi connectivity index (χ2n) is 2.99. The maximum atomic E-state index is 11.1. The zero-order valence-electron chi connectivity index (χ0n) is 8.73. The highest BCUT2D eigenvalue weighted by Gasteiger charge is 2.03. The van der Waals surface area contributed by atoms with Crippen LogP contribution in [0.25, 0.3) is 0 Å². The number of carbonyl (C=O) groups excluding carboxylic acids is 1. The molecular formula is C12H14O3. The van der Waals surface area contributed by atoms with Gasteiger partial charge in [-0.3, -0.25) is 0 Å². The molecule has 0 aliphatic heterocycles. The highest BCUT2D eigenvalue weighted by atomic mass is 16.5. The third kappa shape index (κ3) is 3.56. The maximum Gasteiger partial charge on any atom is 0.337 e. The molecular weight excluding hydrogens is 192 g/mol. The topological polar surface area (TPSA) is 35.5 Å². The van der Waals surface area contributed by atoms with Crippen molar-refractivity contribution in [1.29, 1.82) is 0 Å². The molecule has 3 nitrogen and oxygen atoms in total. The number of esters is 1. The van der Waals surface area contributed by atoms with Crippen LogP contribution < -0.4 is 0 Å². The van der Waals surface area contributed by atoms with Crippen LogP contribution >= 0.6 is 0 Å². The summed E-state index contributed by atoms with van der Waals surface area (Å²) < 4.78 is 9.85. The van der Waals surface area contributed by atoms with Gasteiger partial charge >= 0.3 is 5.97 Å². The van der Waals surface area contributed by atoms with Crippen molar-refractivity contribution in [3.63, 3.8) is 0 Å². The molecule has 1 aromatic carbocycles. The van der Waals surface area contributed by atoms with E-state index in [4.69, 9.17) is 4.74 Å². The smallest absolute Gasteiger partial charge is 0.337 e. The Morgan fingerprint density at radius 2 is 2.07 bits per heavy atom. The molecule has 0 aliphatic rings. The first-order valence-corrected chi connectivity index (χ1v) is 4.64. The fraction of sp³-hybridized carbons (Fsp3) is 0.250. The lowest BCUT2D eigenvalue weighted by molar-refractivity contribution is 0.0600. The third-order valence-corrected chi connectivity index (χ3v) is 1.88. The van der Waals surface area contributed by atoms with Gasteiger partial charge in [-0.05, 0) is 17.7 Å². The van der Waals surface area contributed by atoms with E-state index < -0.39 is 0 Å². The molecule has 0 aromatic heterocycles. The molecule has 0 amide bonds. The van der Waals surface area contributed by atoms with Crippen molar-refractivity contribution in [2.24, 2.45) is 0 Å². The Balaban J connectivity index is 2.56. The Kier molecular flexibility index (Phi) is 4.57. The number of rotatable bonds is 5. The van der Waals surface area contributed by atoms with E-state index in [1.54, 1.807) is 18.2 Å². The minimum atomic E-state index is -0.325. The van der Waals surface area contributed by atoms with E-state index >= 15 is 0 Å². The van der Waals surface area contributed by atoms with Gasteiger partial charge in [-0.15, -0.1) is 6.58 Å². The monoisotopic (exact) mass is 206 g/mol. The number of hydrogen-bond acceptors (Lipinski definition) is 3. The molecule has 1 aromatic rings. The Hall–Kier alpha value is -1.61. The molecule has 3 heteroatoms. The van der Waals surface area contributed by atoms with Crippen molar-refractivity contribution in [3.8, 4) is 0 Å². The Morgan fingerprint density at radius 3 is 2.60 bits per heavy atom. The fourth-order valence-electron chi connectivity index (χ4n) is 1.12. The van der Waals surface area contributed by atoms with E-state index in [2.05, 4.69) is 11.3 Å². The van der Waals surface area contributed by atoms with E-state index in [1.807, 2.05) is 12.1 Å². The van der Waals surface area contributed by atoms with Crippen molar-refractivity contribution in [3.05, 3.63) is 48.0 Å². The minimum absolute atomic E-state index is 0.325. The summed E-state index contributed by atoms with van der Waals surface area (Å²) in [6, 6.07) is 7.13. The van der Waals surface area contributed by atoms with Crippen LogP contribution in [0.15, 0.2) is 36.9 Å². The fourth-order valence-corrected chi connectivity index (χ4v) is 1.12. The summed E-state index contributed by atoms with van der Waals surface area (Å²) in [6.45, 7) is 4.60. The number of hydrogen-bond donors (Lipinski definition) is 0. The van der Waals surface area contributed by atoms with E-state index in [0.717, 1.165) is 5.56 Å². The molecule has 0 radical (unpaired) electrons. The predicted octanol–water partition coefficient (Wildman–Crippen LogP) is 2.18. The van der Waals surface area contributed by atoms with Crippen LogP contribution in [0.2, 0.25) is 0 Å². The summed E-state index contributed by atoms with van der Waals surface area (Å²) in [5, 5.41) is 0. The molecule has 0 saturated carbocycles. The van der Waals surface area contributed by atoms with Crippen LogP contribution in [0, 0.1) is 0 Å². The summed E-state index contributed by atoms with van der Waals surface area (Å²) in [4.78, 5) is 11.1. The van der Waals surface area contributed by atoms with Gasteiger partial charge in [-0.2, -0.15) is 0 Å². The Bertz CT molecular complexity index is 327. The number of benzene rings is 1. The second kappa shape index (κ2) is 5.98. The average Bonchev–Trinajstić information content (AvgIpc) is 2.29. The third-order valence-electron chi connectivity index (χ3n) is 1.88. The number of methoxy groups -OCH3 is 1. The summed E-state index contributed by atoms with van der Waals surface area (Å²) in [5.74, 6) is -0.325. The van der Waals surface area contributed by atoms with Crippen LogP contribution in [0.4, 0.5) is 0 Å².